The van der Waals surface area contributed by atoms with Crippen molar-refractivity contribution >= 4 is 41.0 Å². The molecule has 266 valence electrons. The predicted octanol–water partition coefficient (Wildman–Crippen LogP) is 7.19. The van der Waals surface area contributed by atoms with E-state index < -0.39 is 29.5 Å². The predicted molar refractivity (Wildman–Crippen MR) is 193 cm³/mol. The molecule has 12 heteroatoms. The Morgan fingerprint density at radius 2 is 1.42 bits per heavy atom. The van der Waals surface area contributed by atoms with Crippen LogP contribution in [0.1, 0.15) is 72.1 Å². The number of nitrogens with zero attached hydrogens (tertiary/aromatic N) is 3. The molecular formula is C38H48N5O7+. The summed E-state index contributed by atoms with van der Waals surface area (Å²) in [7, 11) is 1.78. The third-order valence-corrected chi connectivity index (χ3v) is 8.17. The lowest BCUT2D eigenvalue weighted by molar-refractivity contribution is -0.122. The van der Waals surface area contributed by atoms with Crippen LogP contribution in [0, 0.1) is 0 Å². The van der Waals surface area contributed by atoms with E-state index in [4.69, 9.17) is 24.7 Å². The third-order valence-electron chi connectivity index (χ3n) is 8.17. The number of fused-ring (bicyclic) bond motifs is 2. The van der Waals surface area contributed by atoms with Gasteiger partial charge in [-0.15, -0.1) is 0 Å². The lowest BCUT2D eigenvalue weighted by Gasteiger charge is -2.34. The van der Waals surface area contributed by atoms with Gasteiger partial charge in [0.15, 0.2) is 12.2 Å². The van der Waals surface area contributed by atoms with Crippen molar-refractivity contribution in [3.8, 4) is 11.5 Å². The van der Waals surface area contributed by atoms with Crippen molar-refractivity contribution in [1.82, 2.24) is 9.38 Å². The molecule has 0 bridgehead atoms. The highest BCUT2D eigenvalue weighted by atomic mass is 16.6. The number of hydrogen-bond donors (Lipinski definition) is 2. The maximum Gasteiger partial charge on any atom is 0.521 e. The fraction of sp³-hybridized carbons (Fsp3) is 0.421. The second-order valence-corrected chi connectivity index (χ2v) is 15.0. The van der Waals surface area contributed by atoms with E-state index in [1.54, 1.807) is 31.0 Å². The number of ether oxygens (including phenoxy) is 4. The molecule has 0 aromatic heterocycles. The highest BCUT2D eigenvalue weighted by Crippen LogP contribution is 2.37. The number of benzene rings is 3. The zero-order chi connectivity index (χ0) is 36.6. The summed E-state index contributed by atoms with van der Waals surface area (Å²) in [6.45, 7) is 15.3. The molecule has 2 aliphatic heterocycles. The van der Waals surface area contributed by atoms with Crippen LogP contribution < -0.4 is 25.0 Å². The van der Waals surface area contributed by atoms with Crippen LogP contribution in [0.2, 0.25) is 0 Å². The summed E-state index contributed by atoms with van der Waals surface area (Å²) in [6, 6.07) is 18.7. The van der Waals surface area contributed by atoms with Crippen molar-refractivity contribution in [2.24, 2.45) is 10.7 Å². The first-order valence-corrected chi connectivity index (χ1v) is 16.7. The Kier molecular flexibility index (Phi) is 9.89. The van der Waals surface area contributed by atoms with Crippen molar-refractivity contribution in [3.63, 3.8) is 0 Å². The van der Waals surface area contributed by atoms with Crippen LogP contribution in [-0.4, -0.2) is 59.3 Å². The van der Waals surface area contributed by atoms with Gasteiger partial charge in [0.2, 0.25) is 0 Å². The van der Waals surface area contributed by atoms with E-state index in [1.807, 2.05) is 97.0 Å². The van der Waals surface area contributed by atoms with Crippen LogP contribution in [0.4, 0.5) is 26.7 Å². The summed E-state index contributed by atoms with van der Waals surface area (Å²) >= 11 is 0. The monoisotopic (exact) mass is 686 g/mol. The largest absolute Gasteiger partial charge is 0.521 e. The van der Waals surface area contributed by atoms with E-state index in [-0.39, 0.29) is 36.1 Å². The molecule has 3 aromatic rings. The Morgan fingerprint density at radius 3 is 2.08 bits per heavy atom. The molecule has 2 heterocycles. The summed E-state index contributed by atoms with van der Waals surface area (Å²) in [5, 5.41) is 2.87. The molecule has 3 N–H and O–H groups in total. The maximum atomic E-state index is 13.8. The Morgan fingerprint density at radius 1 is 0.840 bits per heavy atom. The van der Waals surface area contributed by atoms with Gasteiger partial charge in [-0.25, -0.2) is 9.79 Å². The molecule has 3 unspecified atom stereocenters. The van der Waals surface area contributed by atoms with Gasteiger partial charge in [-0.2, -0.15) is 9.28 Å². The number of amidine groups is 1. The van der Waals surface area contributed by atoms with E-state index in [2.05, 4.69) is 10.3 Å². The van der Waals surface area contributed by atoms with E-state index in [0.29, 0.717) is 34.4 Å². The molecule has 50 heavy (non-hydrogen) atoms. The normalized spacial score (nSPS) is 18.2. The van der Waals surface area contributed by atoms with Crippen LogP contribution in [0.3, 0.4) is 0 Å². The van der Waals surface area contributed by atoms with Crippen molar-refractivity contribution in [3.05, 3.63) is 77.4 Å². The Hall–Kier alpha value is -5.10. The smallest absolute Gasteiger partial charge is 0.481 e. The summed E-state index contributed by atoms with van der Waals surface area (Å²) < 4.78 is 23.0. The molecule has 3 amide bonds. The van der Waals surface area contributed by atoms with Gasteiger partial charge in [-0.05, 0) is 84.7 Å². The fourth-order valence-corrected chi connectivity index (χ4v) is 5.52. The van der Waals surface area contributed by atoms with Gasteiger partial charge >= 0.3 is 12.2 Å². The number of nitrogens with two attached hydrogens (primary N) is 1. The molecule has 3 atom stereocenters. The van der Waals surface area contributed by atoms with Gasteiger partial charge in [0.05, 0.1) is 12.7 Å². The first-order chi connectivity index (χ1) is 23.3. The summed E-state index contributed by atoms with van der Waals surface area (Å²) in [4.78, 5) is 45.7. The number of rotatable bonds is 7. The number of carbonyl (C=O) groups excluding carboxylic acids is 3. The molecular weight excluding hydrogens is 638 g/mol. The van der Waals surface area contributed by atoms with Gasteiger partial charge in [0.25, 0.3) is 5.91 Å². The average Bonchev–Trinajstić information content (AvgIpc) is 3.01. The van der Waals surface area contributed by atoms with Crippen LogP contribution in [0.15, 0.2) is 65.7 Å². The van der Waals surface area contributed by atoms with E-state index in [9.17, 15) is 14.4 Å². The second-order valence-electron chi connectivity index (χ2n) is 15.0. The SMILES string of the molecule is CC1Oc2ccc([N+](C)(Cc3ccc(CN(Cc4ccc5c(c4)N=C(N)C(C)O5)C(=O)OC(C)(C)C)cc3)C(=O)OC(C)(C)C)cc2NC1=O. The summed E-state index contributed by atoms with van der Waals surface area (Å²) in [6.07, 6.45) is -1.84. The zero-order valence-corrected chi connectivity index (χ0v) is 30.3. The standard InChI is InChI=1S/C38H47N5O7/c1-23-33(39)40-29-18-27(14-16-31(29)47-23)21-42(35(45)49-37(3,4)5)20-25-10-12-26(13-11-25)22-43(9,36(46)50-38(6,7)8)28-15-17-32-30(19-28)41-34(44)24(2)48-32/h10-19,23-24H,20-22H2,1-9H3,(H2-,39,40,41,44)/p+1. The number of anilines is 1. The van der Waals surface area contributed by atoms with Gasteiger partial charge in [0.1, 0.15) is 46.5 Å². The molecule has 0 fully saturated rings. The van der Waals surface area contributed by atoms with Crippen molar-refractivity contribution in [1.29, 1.82) is 0 Å². The molecule has 0 aliphatic carbocycles. The first kappa shape index (κ1) is 36.2. The number of carbonyl (C=O) groups is 3. The number of hydrogen-bond acceptors (Lipinski definition) is 9. The van der Waals surface area contributed by atoms with E-state index in [1.165, 1.54) is 0 Å². The minimum absolute atomic E-state index is 0.229. The van der Waals surface area contributed by atoms with E-state index >= 15 is 0 Å². The molecule has 0 saturated carbocycles. The summed E-state index contributed by atoms with van der Waals surface area (Å²) in [5.74, 6) is 1.30. The van der Waals surface area contributed by atoms with E-state index in [0.717, 1.165) is 16.7 Å². The average molecular weight is 687 g/mol. The van der Waals surface area contributed by atoms with Crippen LogP contribution in [0.25, 0.3) is 0 Å². The number of aliphatic imine (C=N–C) groups is 1. The highest BCUT2D eigenvalue weighted by Gasteiger charge is 2.41. The van der Waals surface area contributed by atoms with Gasteiger partial charge in [-0.3, -0.25) is 9.69 Å². The molecule has 12 nitrogen and oxygen atoms in total. The Bertz CT molecular complexity index is 1810. The second kappa shape index (κ2) is 13.7. The quantitative estimate of drug-likeness (QED) is 0.249. The van der Waals surface area contributed by atoms with Crippen molar-refractivity contribution in [2.45, 2.75) is 98.4 Å². The minimum Gasteiger partial charge on any atom is -0.481 e. The topological polar surface area (TPSA) is 142 Å². The third kappa shape index (κ3) is 8.54. The molecule has 0 spiro atoms. The van der Waals surface area contributed by atoms with Crippen LogP contribution in [-0.2, 0) is 33.9 Å². The minimum atomic E-state index is -0.727. The number of nitrogens with one attached hydrogen (secondary N) is 1. The van der Waals surface area contributed by atoms with Crippen LogP contribution in [0.5, 0.6) is 11.5 Å². The zero-order valence-electron chi connectivity index (χ0n) is 30.3. The Balaban J connectivity index is 1.40. The molecule has 3 aromatic carbocycles. The molecule has 5 rings (SSSR count). The molecule has 0 radical (unpaired) electrons. The van der Waals surface area contributed by atoms with Crippen molar-refractivity contribution < 1.29 is 33.3 Å². The van der Waals surface area contributed by atoms with Gasteiger partial charge < -0.3 is 30.0 Å². The van der Waals surface area contributed by atoms with Crippen molar-refractivity contribution in [2.75, 3.05) is 12.4 Å². The van der Waals surface area contributed by atoms with Gasteiger partial charge in [0, 0.05) is 30.8 Å². The van der Waals surface area contributed by atoms with Crippen LogP contribution >= 0.6 is 0 Å². The first-order valence-electron chi connectivity index (χ1n) is 16.7. The lowest BCUT2D eigenvalue weighted by Crippen LogP contribution is -2.52. The lowest BCUT2D eigenvalue weighted by atomic mass is 10.1. The number of quaternary nitrogens is 1. The highest BCUT2D eigenvalue weighted by molar-refractivity contribution is 5.98. The molecule has 2 aliphatic rings. The summed E-state index contributed by atoms with van der Waals surface area (Å²) in [5.41, 5.74) is 8.89. The fourth-order valence-electron chi connectivity index (χ4n) is 5.52. The Labute approximate surface area is 293 Å². The molecule has 0 saturated heterocycles. The van der Waals surface area contributed by atoms with Gasteiger partial charge in [-0.1, -0.05) is 30.3 Å². The number of amides is 3. The maximum absolute atomic E-state index is 13.8.